The summed E-state index contributed by atoms with van der Waals surface area (Å²) in [6, 6.07) is 14.1. The minimum absolute atomic E-state index is 0.133. The van der Waals surface area contributed by atoms with Crippen LogP contribution in [0.3, 0.4) is 0 Å². The minimum atomic E-state index is -0.332. The van der Waals surface area contributed by atoms with E-state index in [0.29, 0.717) is 41.2 Å². The van der Waals surface area contributed by atoms with Crippen LogP contribution in [0.2, 0.25) is 0 Å². The zero-order valence-electron chi connectivity index (χ0n) is 17.1. The van der Waals surface area contributed by atoms with Gasteiger partial charge in [0.15, 0.2) is 22.5 Å². The highest BCUT2D eigenvalue weighted by Gasteiger charge is 2.31. The number of aromatic nitrogens is 3. The van der Waals surface area contributed by atoms with E-state index in [1.165, 1.54) is 17.8 Å². The van der Waals surface area contributed by atoms with E-state index in [4.69, 9.17) is 9.47 Å². The zero-order chi connectivity index (χ0) is 21.6. The second-order valence-corrected chi connectivity index (χ2v) is 7.97. The molecule has 0 bridgehead atoms. The van der Waals surface area contributed by atoms with Crippen molar-refractivity contribution in [3.63, 3.8) is 0 Å². The maximum atomic E-state index is 14.2. The van der Waals surface area contributed by atoms with Crippen molar-refractivity contribution < 1.29 is 18.7 Å². The molecule has 1 N–H and O–H groups in total. The molecule has 162 valence electrons. The van der Waals surface area contributed by atoms with Crippen LogP contribution in [0.1, 0.15) is 18.9 Å². The number of nitrogens with one attached hydrogen (secondary N) is 1. The Morgan fingerprint density at radius 3 is 2.65 bits per heavy atom. The number of thioether (sulfide) groups is 1. The quantitative estimate of drug-likeness (QED) is 0.381. The molecule has 1 saturated carbocycles. The van der Waals surface area contributed by atoms with Crippen molar-refractivity contribution in [2.45, 2.75) is 24.0 Å². The van der Waals surface area contributed by atoms with Crippen LogP contribution in [0.5, 0.6) is 11.5 Å². The van der Waals surface area contributed by atoms with Crippen molar-refractivity contribution in [1.82, 2.24) is 20.1 Å². The predicted molar refractivity (Wildman–Crippen MR) is 116 cm³/mol. The van der Waals surface area contributed by atoms with Gasteiger partial charge in [-0.2, -0.15) is 0 Å². The first-order valence-electron chi connectivity index (χ1n) is 10.0. The fourth-order valence-corrected chi connectivity index (χ4v) is 3.97. The van der Waals surface area contributed by atoms with Crippen molar-refractivity contribution in [2.75, 3.05) is 26.0 Å². The molecule has 0 spiro atoms. The Kier molecular flexibility index (Phi) is 6.71. The maximum Gasteiger partial charge on any atom is 0.230 e. The van der Waals surface area contributed by atoms with Gasteiger partial charge in [-0.05, 0) is 37.1 Å². The van der Waals surface area contributed by atoms with Crippen LogP contribution < -0.4 is 14.8 Å². The molecule has 1 amide bonds. The van der Waals surface area contributed by atoms with E-state index >= 15 is 0 Å². The largest absolute Gasteiger partial charge is 0.493 e. The Morgan fingerprint density at radius 1 is 1.16 bits per heavy atom. The third kappa shape index (κ3) is 5.16. The summed E-state index contributed by atoms with van der Waals surface area (Å²) in [5.74, 6) is 1.51. The third-order valence-corrected chi connectivity index (χ3v) is 5.72. The summed E-state index contributed by atoms with van der Waals surface area (Å²) in [7, 11) is 1.58. The van der Waals surface area contributed by atoms with Gasteiger partial charge in [0.05, 0.1) is 25.0 Å². The number of carbonyl (C=O) groups is 1. The number of para-hydroxylation sites is 2. The van der Waals surface area contributed by atoms with Crippen molar-refractivity contribution in [3.8, 4) is 22.9 Å². The summed E-state index contributed by atoms with van der Waals surface area (Å²) in [5, 5.41) is 11.9. The molecule has 3 aromatic rings. The van der Waals surface area contributed by atoms with Crippen molar-refractivity contribution in [3.05, 3.63) is 54.3 Å². The zero-order valence-corrected chi connectivity index (χ0v) is 17.9. The first-order valence-corrected chi connectivity index (χ1v) is 11.0. The molecule has 2 aromatic carbocycles. The lowest BCUT2D eigenvalue weighted by Gasteiger charge is -2.11. The van der Waals surface area contributed by atoms with Gasteiger partial charge in [-0.25, -0.2) is 4.39 Å². The number of ether oxygens (including phenoxy) is 2. The van der Waals surface area contributed by atoms with Crippen LogP contribution >= 0.6 is 11.8 Å². The topological polar surface area (TPSA) is 78.3 Å². The van der Waals surface area contributed by atoms with Gasteiger partial charge in [-0.1, -0.05) is 36.0 Å². The van der Waals surface area contributed by atoms with Crippen molar-refractivity contribution in [2.24, 2.45) is 0 Å². The molecule has 7 nitrogen and oxygen atoms in total. The Hall–Kier alpha value is -3.07. The molecule has 1 aliphatic rings. The molecule has 0 radical (unpaired) electrons. The lowest BCUT2D eigenvalue weighted by Crippen LogP contribution is -2.29. The van der Waals surface area contributed by atoms with Gasteiger partial charge >= 0.3 is 0 Å². The van der Waals surface area contributed by atoms with Gasteiger partial charge in [0.25, 0.3) is 0 Å². The molecule has 9 heteroatoms. The number of benzene rings is 2. The SMILES string of the molecule is COc1ccccc1OCCNC(=O)CSc1nnc(-c2ccccc2F)n1C1CC1. The molecule has 1 heterocycles. The lowest BCUT2D eigenvalue weighted by atomic mass is 10.2. The highest BCUT2D eigenvalue weighted by molar-refractivity contribution is 7.99. The standard InChI is InChI=1S/C22H23FN4O3S/c1-29-18-8-4-5-9-19(18)30-13-12-24-20(28)14-31-22-26-25-21(27(22)15-10-11-15)16-6-2-3-7-17(16)23/h2-9,15H,10-14H2,1H3,(H,24,28). The van der Waals surface area contributed by atoms with Crippen LogP contribution in [0.25, 0.3) is 11.4 Å². The van der Waals surface area contributed by atoms with Crippen LogP contribution in [0, 0.1) is 5.82 Å². The third-order valence-electron chi connectivity index (χ3n) is 4.77. The van der Waals surface area contributed by atoms with Crippen LogP contribution in [0.15, 0.2) is 53.7 Å². The molecular weight excluding hydrogens is 419 g/mol. The van der Waals surface area contributed by atoms with Crippen molar-refractivity contribution in [1.29, 1.82) is 0 Å². The molecule has 1 aliphatic carbocycles. The number of hydrogen-bond acceptors (Lipinski definition) is 6. The molecule has 31 heavy (non-hydrogen) atoms. The van der Waals surface area contributed by atoms with E-state index in [1.807, 2.05) is 28.8 Å². The molecule has 1 aromatic heterocycles. The van der Waals surface area contributed by atoms with Crippen LogP contribution in [-0.4, -0.2) is 46.7 Å². The second-order valence-electron chi connectivity index (χ2n) is 7.03. The van der Waals surface area contributed by atoms with Gasteiger partial charge in [0.2, 0.25) is 5.91 Å². The Labute approximate surface area is 184 Å². The predicted octanol–water partition coefficient (Wildman–Crippen LogP) is 3.72. The average molecular weight is 443 g/mol. The number of carbonyl (C=O) groups excluding carboxylic acids is 1. The highest BCUT2D eigenvalue weighted by atomic mass is 32.2. The second kappa shape index (κ2) is 9.82. The highest BCUT2D eigenvalue weighted by Crippen LogP contribution is 2.41. The molecule has 0 saturated heterocycles. The van der Waals surface area contributed by atoms with E-state index in [9.17, 15) is 9.18 Å². The fraction of sp³-hybridized carbons (Fsp3) is 0.318. The first kappa shape index (κ1) is 21.2. The van der Waals surface area contributed by atoms with Gasteiger partial charge in [-0.15, -0.1) is 10.2 Å². The number of nitrogens with zero attached hydrogens (tertiary/aromatic N) is 3. The number of rotatable bonds is 10. The van der Waals surface area contributed by atoms with Gasteiger partial charge in [0.1, 0.15) is 12.4 Å². The molecule has 0 atom stereocenters. The first-order chi connectivity index (χ1) is 15.2. The summed E-state index contributed by atoms with van der Waals surface area (Å²) >= 11 is 1.30. The summed E-state index contributed by atoms with van der Waals surface area (Å²) in [5.41, 5.74) is 0.423. The molecule has 1 fully saturated rings. The maximum absolute atomic E-state index is 14.2. The molecule has 0 aliphatic heterocycles. The molecular formula is C22H23FN4O3S. The molecule has 4 rings (SSSR count). The summed E-state index contributed by atoms with van der Waals surface area (Å²) in [4.78, 5) is 12.2. The van der Waals surface area contributed by atoms with E-state index in [2.05, 4.69) is 15.5 Å². The van der Waals surface area contributed by atoms with Gasteiger partial charge < -0.3 is 14.8 Å². The smallest absolute Gasteiger partial charge is 0.230 e. The van der Waals surface area contributed by atoms with Gasteiger partial charge in [-0.3, -0.25) is 9.36 Å². The fourth-order valence-electron chi connectivity index (χ4n) is 3.13. The molecule has 0 unspecified atom stereocenters. The summed E-state index contributed by atoms with van der Waals surface area (Å²) < 4.78 is 27.1. The van der Waals surface area contributed by atoms with Crippen LogP contribution in [0.4, 0.5) is 4.39 Å². The lowest BCUT2D eigenvalue weighted by molar-refractivity contribution is -0.118. The Bertz CT molecular complexity index is 1050. The normalized spacial score (nSPS) is 13.1. The van der Waals surface area contributed by atoms with E-state index in [-0.39, 0.29) is 23.5 Å². The number of hydrogen-bond donors (Lipinski definition) is 1. The number of amides is 1. The van der Waals surface area contributed by atoms with E-state index < -0.39 is 0 Å². The average Bonchev–Trinajstić information content (AvgIpc) is 3.55. The summed E-state index contributed by atoms with van der Waals surface area (Å²) in [6.45, 7) is 0.694. The van der Waals surface area contributed by atoms with E-state index in [1.54, 1.807) is 25.3 Å². The van der Waals surface area contributed by atoms with Crippen molar-refractivity contribution >= 4 is 17.7 Å². The monoisotopic (exact) mass is 442 g/mol. The van der Waals surface area contributed by atoms with Crippen LogP contribution in [-0.2, 0) is 4.79 Å². The van der Waals surface area contributed by atoms with E-state index in [0.717, 1.165) is 12.8 Å². The Morgan fingerprint density at radius 2 is 1.90 bits per heavy atom. The number of halogens is 1. The van der Waals surface area contributed by atoms with Gasteiger partial charge in [0, 0.05) is 6.04 Å². The Balaban J connectivity index is 1.30. The minimum Gasteiger partial charge on any atom is -0.493 e. The number of methoxy groups -OCH3 is 1. The summed E-state index contributed by atoms with van der Waals surface area (Å²) in [6.07, 6.45) is 2.00.